The Balaban J connectivity index is 1.24. The lowest BCUT2D eigenvalue weighted by Gasteiger charge is -2.30. The third kappa shape index (κ3) is 25.2. The van der Waals surface area contributed by atoms with Crippen molar-refractivity contribution >= 4 is 47.1 Å². The fraction of sp³-hybridized carbons (Fsp3) is 0.611. The quantitative estimate of drug-likeness (QED) is 0.0240. The number of rotatable bonds is 25. The molecule has 0 aromatic rings. The van der Waals surface area contributed by atoms with E-state index in [1.165, 1.54) is 40.6 Å². The second kappa shape index (κ2) is 41.0. The molecule has 522 valence electrons. The number of allylic oxidation sites excluding steroid dienone is 8. The van der Waals surface area contributed by atoms with E-state index >= 15 is 0 Å². The minimum Gasteiger partial charge on any atom is -0.439 e. The van der Waals surface area contributed by atoms with Crippen LogP contribution in [0.5, 0.6) is 0 Å². The van der Waals surface area contributed by atoms with Crippen molar-refractivity contribution in [2.24, 2.45) is 35.1 Å². The smallest absolute Gasteiger partial charge is 0.405 e. The highest BCUT2D eigenvalue weighted by molar-refractivity contribution is 6.24. The van der Waals surface area contributed by atoms with Crippen molar-refractivity contribution < 1.29 is 77.0 Å². The molecule has 0 aromatic heterocycles. The molecule has 10 N–H and O–H groups in total. The molecule has 4 rings (SSSR count). The van der Waals surface area contributed by atoms with E-state index in [0.29, 0.717) is 37.1 Å². The van der Waals surface area contributed by atoms with Gasteiger partial charge in [-0.05, 0) is 89.2 Å². The van der Waals surface area contributed by atoms with Gasteiger partial charge in [-0.25, -0.2) is 9.59 Å². The van der Waals surface area contributed by atoms with Crippen LogP contribution in [0, 0.1) is 23.7 Å². The maximum atomic E-state index is 14.2. The molecule has 12 atom stereocenters. The zero-order valence-corrected chi connectivity index (χ0v) is 57.6. The zero-order chi connectivity index (χ0) is 69.6. The Kier molecular flexibility index (Phi) is 34.6. The summed E-state index contributed by atoms with van der Waals surface area (Å²) in [5.74, 6) is -4.37. The van der Waals surface area contributed by atoms with Gasteiger partial charge in [0.2, 0.25) is 23.1 Å². The van der Waals surface area contributed by atoms with E-state index in [9.17, 15) is 48.6 Å². The Labute approximate surface area is 556 Å². The van der Waals surface area contributed by atoms with E-state index in [1.54, 1.807) is 64.2 Å². The molecule has 22 heteroatoms. The number of hydrogen-bond acceptors (Lipinski definition) is 18. The fourth-order valence-corrected chi connectivity index (χ4v) is 12.4. The highest BCUT2D eigenvalue weighted by Crippen LogP contribution is 2.32. The number of nitrogens with one attached hydrogen (secondary N) is 4. The molecular formula is C72H108N6O16. The van der Waals surface area contributed by atoms with Gasteiger partial charge in [0.05, 0.1) is 47.2 Å². The van der Waals surface area contributed by atoms with Crippen molar-refractivity contribution in [1.29, 1.82) is 0 Å². The summed E-state index contributed by atoms with van der Waals surface area (Å²) in [6.45, 7) is 15.0. The monoisotopic (exact) mass is 1310 g/mol. The lowest BCUT2D eigenvalue weighted by molar-refractivity contribution is -0.120. The molecule has 0 radical (unpaired) electrons. The number of unbranched alkanes of at least 4 members (excludes halogenated alkanes) is 13. The number of fused-ring (bicyclic) bond motifs is 4. The number of carbonyl (C=O) groups is 8. The topological polar surface area (TPSA) is 333 Å². The van der Waals surface area contributed by atoms with Crippen LogP contribution < -0.4 is 32.7 Å². The number of aliphatic hydroxyl groups excluding tert-OH is 2. The maximum absolute atomic E-state index is 14.2. The molecule has 0 unspecified atom stereocenters. The van der Waals surface area contributed by atoms with Gasteiger partial charge in [-0.1, -0.05) is 153 Å². The molecule has 0 spiro atoms. The predicted molar refractivity (Wildman–Crippen MR) is 360 cm³/mol. The highest BCUT2D eigenvalue weighted by Gasteiger charge is 2.36. The van der Waals surface area contributed by atoms with Crippen LogP contribution in [0.3, 0.4) is 0 Å². The first-order valence-electron chi connectivity index (χ1n) is 33.4. The summed E-state index contributed by atoms with van der Waals surface area (Å²) in [5, 5.41) is 34.9. The predicted octanol–water partition coefficient (Wildman–Crippen LogP) is 9.18. The van der Waals surface area contributed by atoms with Crippen molar-refractivity contribution in [2.75, 3.05) is 41.5 Å². The van der Waals surface area contributed by atoms with Crippen LogP contribution in [0.2, 0.25) is 0 Å². The van der Waals surface area contributed by atoms with Gasteiger partial charge in [-0.15, -0.1) is 0 Å². The van der Waals surface area contributed by atoms with Crippen molar-refractivity contribution in [3.63, 3.8) is 0 Å². The Bertz CT molecular complexity index is 2760. The van der Waals surface area contributed by atoms with E-state index in [1.807, 2.05) is 27.7 Å². The Morgan fingerprint density at radius 3 is 1.13 bits per heavy atom. The molecule has 0 saturated carbocycles. The average molecular weight is 1310 g/mol. The second-order valence-corrected chi connectivity index (χ2v) is 25.7. The largest absolute Gasteiger partial charge is 0.439 e. The van der Waals surface area contributed by atoms with Gasteiger partial charge in [0.1, 0.15) is 12.2 Å². The first-order chi connectivity index (χ1) is 44.8. The summed E-state index contributed by atoms with van der Waals surface area (Å²) >= 11 is 0. The summed E-state index contributed by atoms with van der Waals surface area (Å²) in [6.07, 6.45) is 21.9. The number of hydrogen-bond donors (Lipinski definition) is 8. The normalized spacial score (nSPS) is 29.8. The van der Waals surface area contributed by atoms with Crippen molar-refractivity contribution in [2.45, 2.75) is 220 Å². The number of aliphatic hydroxyl groups is 2. The molecule has 4 aliphatic rings. The minimum absolute atomic E-state index is 0.129. The summed E-state index contributed by atoms with van der Waals surface area (Å²) in [5.41, 5.74) is 13.2. The molecule has 2 heterocycles. The second-order valence-electron chi connectivity index (χ2n) is 25.7. The Hall–Kier alpha value is -7.08. The summed E-state index contributed by atoms with van der Waals surface area (Å²) < 4.78 is 33.8. The van der Waals surface area contributed by atoms with Gasteiger partial charge in [0.25, 0.3) is 11.8 Å². The molecular weight excluding hydrogens is 1200 g/mol. The molecule has 0 fully saturated rings. The van der Waals surface area contributed by atoms with Crippen LogP contribution >= 0.6 is 0 Å². The summed E-state index contributed by atoms with van der Waals surface area (Å²) in [4.78, 5) is 107. The molecule has 4 amide bonds. The minimum atomic E-state index is -1.01. The third-order valence-corrected chi connectivity index (χ3v) is 17.8. The van der Waals surface area contributed by atoms with E-state index in [4.69, 9.17) is 39.9 Å². The number of carbonyl (C=O) groups excluding carboxylic acids is 8. The van der Waals surface area contributed by atoms with Crippen LogP contribution in [0.4, 0.5) is 9.59 Å². The van der Waals surface area contributed by atoms with Crippen LogP contribution in [-0.4, -0.2) is 148 Å². The number of Topliss-reactive ketones (excluding diaryl/α,β-unsaturated/α-hetero) is 2. The van der Waals surface area contributed by atoms with E-state index in [-0.39, 0.29) is 69.8 Å². The molecule has 2 aliphatic heterocycles. The SMILES string of the molecule is CO[C@H]1/C=C/C=C(\C)C(=O)NC2=CC(=O)C(NCCCCCCCCCCCCCCCCNC3=C4C[C@@H](C)C[C@H](OC)[C@H](O)[C@@H](C)/C=C(\C)[C@H](OC(N)=O)[C@@H](OC)/C=C/C=C(\C)C(=O)NC(=CC3=O)C4=O)=C(C[C@@H](C)C[C@H](OC)[C@H](O)[C@@H](C)/C=C(\C)[C@@H]1OC(N)=O)C2=O. The highest BCUT2D eigenvalue weighted by atomic mass is 16.6. The van der Waals surface area contributed by atoms with Gasteiger partial charge < -0.3 is 71.4 Å². The number of ketones is 4. The Morgan fingerprint density at radius 1 is 0.511 bits per heavy atom. The van der Waals surface area contributed by atoms with Crippen molar-refractivity contribution in [1.82, 2.24) is 21.3 Å². The first-order valence-corrected chi connectivity index (χ1v) is 33.4. The zero-order valence-electron chi connectivity index (χ0n) is 57.6. The van der Waals surface area contributed by atoms with E-state index in [0.717, 1.165) is 102 Å². The van der Waals surface area contributed by atoms with Crippen LogP contribution in [0.1, 0.15) is 171 Å². The molecule has 2 aliphatic carbocycles. The average Bonchev–Trinajstić information content (AvgIpc) is 0.859. The summed E-state index contributed by atoms with van der Waals surface area (Å²) in [7, 11) is 5.87. The number of ether oxygens (including phenoxy) is 6. The fourth-order valence-electron chi connectivity index (χ4n) is 12.4. The lowest BCUT2D eigenvalue weighted by atomic mass is 9.85. The van der Waals surface area contributed by atoms with Gasteiger partial charge >= 0.3 is 12.2 Å². The molecule has 94 heavy (non-hydrogen) atoms. The maximum Gasteiger partial charge on any atom is 0.405 e. The first kappa shape index (κ1) is 79.4. The van der Waals surface area contributed by atoms with Gasteiger partial charge in [0, 0.05) is 87.8 Å². The van der Waals surface area contributed by atoms with Crippen LogP contribution in [0.25, 0.3) is 0 Å². The van der Waals surface area contributed by atoms with Gasteiger partial charge in [-0.2, -0.15) is 0 Å². The van der Waals surface area contributed by atoms with Crippen molar-refractivity contribution in [3.8, 4) is 0 Å². The van der Waals surface area contributed by atoms with Crippen LogP contribution in [-0.2, 0) is 57.2 Å². The third-order valence-electron chi connectivity index (χ3n) is 17.8. The van der Waals surface area contributed by atoms with Crippen molar-refractivity contribution in [3.05, 3.63) is 117 Å². The number of amides is 4. The number of primary amides is 2. The van der Waals surface area contributed by atoms with E-state index < -0.39 is 108 Å². The molecule has 0 saturated heterocycles. The lowest BCUT2D eigenvalue weighted by Crippen LogP contribution is -2.38. The van der Waals surface area contributed by atoms with Gasteiger partial charge in [0.15, 0.2) is 12.2 Å². The summed E-state index contributed by atoms with van der Waals surface area (Å²) in [6, 6.07) is 0. The molecule has 22 nitrogen and oxygen atoms in total. The molecule has 0 aromatic carbocycles. The van der Waals surface area contributed by atoms with Gasteiger partial charge in [-0.3, -0.25) is 28.8 Å². The standard InChI is InChI=1S/C72H108N6O16/c1-43-35-51-61(55(79)41-53(65(51)83)77-69(85)45(3)29-27-31-57(89-9)67(93-71(73)87)49(7)39-47(5)63(81)59(37-43)91-11)75-33-25-23-21-19-17-15-13-14-16-18-20-22-24-26-34-76-62-52-36-44(2)38-60(92-12)64(82)48(6)40-50(8)68(94-72(74)88)58(90-10)32-28-30-46(4)70(86)78-54(66(52)84)42-56(62)80/h27-32,39-44,47-48,57-60,63-64,67-68,75-76,81-82H,13-26,33-38H2,1-12H3,(H2,73,87)(H2,74,88)(H,77,85)(H,78,86)/b31-27+,32-28+,45-29+,46-30+,49-39+,50-40+/t43-,44-,47+,48+,57+,58+,59+,60+,63-,64-,67+,68+/m1/s1. The van der Waals surface area contributed by atoms with E-state index in [2.05, 4.69) is 21.3 Å². The Morgan fingerprint density at radius 2 is 0.830 bits per heavy atom. The number of methoxy groups -OCH3 is 4. The number of nitrogens with two attached hydrogens (primary N) is 2. The van der Waals surface area contributed by atoms with Crippen LogP contribution in [0.15, 0.2) is 117 Å². The molecule has 4 bridgehead atoms.